The van der Waals surface area contributed by atoms with E-state index in [9.17, 15) is 14.7 Å². The molecule has 1 atom stereocenters. The van der Waals surface area contributed by atoms with Crippen LogP contribution >= 0.6 is 0 Å². The number of aryl methyl sites for hydroxylation is 1. The van der Waals surface area contributed by atoms with Crippen molar-refractivity contribution in [2.75, 3.05) is 13.7 Å². The van der Waals surface area contributed by atoms with Crippen LogP contribution in [0.25, 0.3) is 0 Å². The van der Waals surface area contributed by atoms with E-state index in [0.717, 1.165) is 22.4 Å². The lowest BCUT2D eigenvalue weighted by Crippen LogP contribution is -2.47. The van der Waals surface area contributed by atoms with Crippen molar-refractivity contribution in [3.8, 4) is 5.75 Å². The van der Waals surface area contributed by atoms with Crippen LogP contribution in [0.15, 0.2) is 48.5 Å². The summed E-state index contributed by atoms with van der Waals surface area (Å²) >= 11 is 0. The predicted octanol–water partition coefficient (Wildman–Crippen LogP) is 1.73. The molecule has 3 N–H and O–H groups in total. The number of hydrogen-bond donors (Lipinski definition) is 3. The average molecular weight is 370 g/mol. The highest BCUT2D eigenvalue weighted by atomic mass is 16.5. The van der Waals surface area contributed by atoms with Gasteiger partial charge in [-0.3, -0.25) is 9.59 Å². The number of benzene rings is 2. The van der Waals surface area contributed by atoms with Crippen molar-refractivity contribution in [3.63, 3.8) is 0 Å². The molecule has 0 spiro atoms. The van der Waals surface area contributed by atoms with Gasteiger partial charge in [-0.1, -0.05) is 42.0 Å². The summed E-state index contributed by atoms with van der Waals surface area (Å²) in [4.78, 5) is 23.9. The minimum atomic E-state index is -1.18. The van der Waals surface area contributed by atoms with Crippen molar-refractivity contribution < 1.29 is 19.4 Å². The molecule has 0 saturated heterocycles. The van der Waals surface area contributed by atoms with Crippen LogP contribution in [0.1, 0.15) is 23.6 Å². The van der Waals surface area contributed by atoms with Crippen LogP contribution in [-0.2, 0) is 22.6 Å². The molecule has 6 nitrogen and oxygen atoms in total. The van der Waals surface area contributed by atoms with Crippen LogP contribution in [0.5, 0.6) is 5.75 Å². The number of rotatable bonds is 7. The van der Waals surface area contributed by atoms with E-state index in [1.54, 1.807) is 14.0 Å². The first kappa shape index (κ1) is 20.5. The van der Waals surface area contributed by atoms with E-state index < -0.39 is 17.4 Å². The third-order valence-corrected chi connectivity index (χ3v) is 4.15. The Morgan fingerprint density at radius 2 is 1.52 bits per heavy atom. The van der Waals surface area contributed by atoms with Crippen molar-refractivity contribution in [1.29, 1.82) is 0 Å². The molecule has 0 saturated carbocycles. The van der Waals surface area contributed by atoms with E-state index in [2.05, 4.69) is 10.6 Å². The first-order valence-electron chi connectivity index (χ1n) is 8.76. The second-order valence-corrected chi connectivity index (χ2v) is 6.87. The molecule has 2 amide bonds. The summed E-state index contributed by atoms with van der Waals surface area (Å²) in [6.45, 7) is 3.83. The number of aliphatic hydroxyl groups is 1. The zero-order valence-corrected chi connectivity index (χ0v) is 15.9. The number of methoxy groups -OCH3 is 1. The molecule has 0 aliphatic rings. The maximum absolute atomic E-state index is 12.0. The van der Waals surface area contributed by atoms with E-state index in [4.69, 9.17) is 4.74 Å². The summed E-state index contributed by atoms with van der Waals surface area (Å²) in [6, 6.07) is 15.0. The van der Waals surface area contributed by atoms with Crippen LogP contribution in [0.3, 0.4) is 0 Å². The quantitative estimate of drug-likeness (QED) is 0.648. The normalized spacial score (nSPS) is 12.7. The summed E-state index contributed by atoms with van der Waals surface area (Å²) in [5.74, 6) is -0.759. The Bertz CT molecular complexity index is 768. The van der Waals surface area contributed by atoms with Crippen molar-refractivity contribution in [2.45, 2.75) is 32.4 Å². The second kappa shape index (κ2) is 9.19. The van der Waals surface area contributed by atoms with Gasteiger partial charge in [-0.25, -0.2) is 0 Å². The molecule has 2 aromatic rings. The zero-order chi connectivity index (χ0) is 19.9. The van der Waals surface area contributed by atoms with E-state index >= 15 is 0 Å². The number of carbonyl (C=O) groups excluding carboxylic acids is 2. The monoisotopic (exact) mass is 370 g/mol. The maximum atomic E-state index is 12.0. The predicted molar refractivity (Wildman–Crippen MR) is 103 cm³/mol. The average Bonchev–Trinajstić information content (AvgIpc) is 2.65. The minimum Gasteiger partial charge on any atom is -0.497 e. The highest BCUT2D eigenvalue weighted by Crippen LogP contribution is 2.16. The van der Waals surface area contributed by atoms with Gasteiger partial charge in [0.15, 0.2) is 0 Å². The van der Waals surface area contributed by atoms with Gasteiger partial charge in [0.2, 0.25) is 0 Å². The molecule has 0 heterocycles. The summed E-state index contributed by atoms with van der Waals surface area (Å²) in [6.07, 6.45) is 0.336. The van der Waals surface area contributed by atoms with Crippen molar-refractivity contribution in [3.05, 3.63) is 65.2 Å². The Morgan fingerprint density at radius 1 is 0.963 bits per heavy atom. The Balaban J connectivity index is 1.79. The van der Waals surface area contributed by atoms with Gasteiger partial charge in [-0.05, 0) is 37.1 Å². The molecule has 0 radical (unpaired) electrons. The topological polar surface area (TPSA) is 87.7 Å². The first-order chi connectivity index (χ1) is 12.8. The van der Waals surface area contributed by atoms with Gasteiger partial charge in [0.05, 0.1) is 12.7 Å². The molecule has 2 aromatic carbocycles. The second-order valence-electron chi connectivity index (χ2n) is 6.87. The number of amides is 2. The Hall–Kier alpha value is -2.86. The molecule has 2 rings (SSSR count). The molecule has 6 heteroatoms. The van der Waals surface area contributed by atoms with Gasteiger partial charge in [0.25, 0.3) is 0 Å². The highest BCUT2D eigenvalue weighted by Gasteiger charge is 2.23. The SMILES string of the molecule is COc1ccc(CC(C)(O)CNC(=O)C(=O)NCc2ccc(C)cc2)cc1. The smallest absolute Gasteiger partial charge is 0.309 e. The highest BCUT2D eigenvalue weighted by molar-refractivity contribution is 6.35. The molecule has 0 aliphatic carbocycles. The van der Waals surface area contributed by atoms with Crippen LogP contribution in [0.4, 0.5) is 0 Å². The number of hydrogen-bond acceptors (Lipinski definition) is 4. The van der Waals surface area contributed by atoms with Crippen LogP contribution in [-0.4, -0.2) is 36.2 Å². The van der Waals surface area contributed by atoms with Gasteiger partial charge in [-0.15, -0.1) is 0 Å². The maximum Gasteiger partial charge on any atom is 0.309 e. The number of nitrogens with one attached hydrogen (secondary N) is 2. The standard InChI is InChI=1S/C21H26N2O4/c1-15-4-6-17(7-5-15)13-22-19(24)20(25)23-14-21(2,26)12-16-8-10-18(27-3)11-9-16/h4-11,26H,12-14H2,1-3H3,(H,22,24)(H,23,25). The number of ether oxygens (including phenoxy) is 1. The van der Waals surface area contributed by atoms with Crippen molar-refractivity contribution >= 4 is 11.8 Å². The Labute approximate surface area is 159 Å². The van der Waals surface area contributed by atoms with Gasteiger partial charge in [0, 0.05) is 19.5 Å². The molecular formula is C21H26N2O4. The lowest BCUT2D eigenvalue weighted by molar-refractivity contribution is -0.139. The molecule has 1 unspecified atom stereocenters. The number of carbonyl (C=O) groups is 2. The molecule has 144 valence electrons. The van der Waals surface area contributed by atoms with Gasteiger partial charge < -0.3 is 20.5 Å². The lowest BCUT2D eigenvalue weighted by Gasteiger charge is -2.23. The van der Waals surface area contributed by atoms with Crippen molar-refractivity contribution in [1.82, 2.24) is 10.6 Å². The zero-order valence-electron chi connectivity index (χ0n) is 15.9. The van der Waals surface area contributed by atoms with Crippen LogP contribution in [0.2, 0.25) is 0 Å². The van der Waals surface area contributed by atoms with Crippen LogP contribution in [0, 0.1) is 6.92 Å². The fourth-order valence-corrected chi connectivity index (χ4v) is 2.57. The van der Waals surface area contributed by atoms with E-state index in [0.29, 0.717) is 6.42 Å². The Kier molecular flexibility index (Phi) is 6.96. The fourth-order valence-electron chi connectivity index (χ4n) is 2.57. The van der Waals surface area contributed by atoms with E-state index in [1.807, 2.05) is 55.5 Å². The largest absolute Gasteiger partial charge is 0.497 e. The molecule has 0 aromatic heterocycles. The molecular weight excluding hydrogens is 344 g/mol. The lowest BCUT2D eigenvalue weighted by atomic mass is 9.96. The van der Waals surface area contributed by atoms with Gasteiger partial charge in [-0.2, -0.15) is 0 Å². The summed E-state index contributed by atoms with van der Waals surface area (Å²) in [5, 5.41) is 15.5. The molecule has 27 heavy (non-hydrogen) atoms. The molecule has 0 fully saturated rings. The summed E-state index contributed by atoms with van der Waals surface area (Å²) in [7, 11) is 1.59. The fraction of sp³-hybridized carbons (Fsp3) is 0.333. The third-order valence-electron chi connectivity index (χ3n) is 4.15. The molecule has 0 bridgehead atoms. The first-order valence-corrected chi connectivity index (χ1v) is 8.76. The molecule has 0 aliphatic heterocycles. The van der Waals surface area contributed by atoms with Gasteiger partial charge >= 0.3 is 11.8 Å². The van der Waals surface area contributed by atoms with Crippen LogP contribution < -0.4 is 15.4 Å². The van der Waals surface area contributed by atoms with E-state index in [-0.39, 0.29) is 13.1 Å². The minimum absolute atomic E-state index is 0.0319. The van der Waals surface area contributed by atoms with Gasteiger partial charge in [0.1, 0.15) is 5.75 Å². The van der Waals surface area contributed by atoms with Crippen molar-refractivity contribution in [2.24, 2.45) is 0 Å². The summed E-state index contributed by atoms with van der Waals surface area (Å²) in [5.41, 5.74) is 1.76. The van der Waals surface area contributed by atoms with E-state index in [1.165, 1.54) is 0 Å². The summed E-state index contributed by atoms with van der Waals surface area (Å²) < 4.78 is 5.10. The Morgan fingerprint density at radius 3 is 2.11 bits per heavy atom. The third kappa shape index (κ3) is 6.75.